The van der Waals surface area contributed by atoms with Crippen molar-refractivity contribution in [1.82, 2.24) is 5.32 Å². The molecule has 1 saturated carbocycles. The number of aliphatic hydroxyl groups is 1. The smallest absolute Gasteiger partial charge is 0.0664 e. The number of hydrogen-bond donors (Lipinski definition) is 2. The summed E-state index contributed by atoms with van der Waals surface area (Å²) in [6, 6.07) is 9.50. The minimum Gasteiger partial charge on any atom is -0.392 e. The minimum absolute atomic E-state index is 0.173. The fraction of sp³-hybridized carbons (Fsp3) is 0.625. The van der Waals surface area contributed by atoms with Gasteiger partial charge in [0, 0.05) is 12.6 Å². The average Bonchev–Trinajstić information content (AvgIpc) is 2.29. The first-order valence-corrected chi connectivity index (χ1v) is 7.17. The van der Waals surface area contributed by atoms with Crippen LogP contribution in [0, 0.1) is 6.92 Å². The van der Waals surface area contributed by atoms with Crippen molar-refractivity contribution in [2.75, 3.05) is 6.54 Å². The normalized spacial score (nSPS) is 24.6. The Kier molecular flexibility index (Phi) is 4.79. The van der Waals surface area contributed by atoms with E-state index >= 15 is 0 Å². The molecule has 2 rings (SSSR count). The molecule has 0 aliphatic heterocycles. The predicted octanol–water partition coefficient (Wildman–Crippen LogP) is 2.99. The largest absolute Gasteiger partial charge is 0.392 e. The van der Waals surface area contributed by atoms with Crippen LogP contribution < -0.4 is 5.32 Å². The molecule has 1 unspecified atom stereocenters. The molecule has 1 aromatic carbocycles. The quantitative estimate of drug-likeness (QED) is 0.810. The van der Waals surface area contributed by atoms with Crippen molar-refractivity contribution in [2.24, 2.45) is 0 Å². The Morgan fingerprint density at radius 1 is 1.28 bits per heavy atom. The zero-order valence-corrected chi connectivity index (χ0v) is 11.5. The second-order valence-corrected chi connectivity index (χ2v) is 5.63. The maximum Gasteiger partial charge on any atom is 0.0664 e. The average molecular weight is 247 g/mol. The van der Waals surface area contributed by atoms with Crippen LogP contribution in [0.2, 0.25) is 0 Å². The first-order chi connectivity index (χ1) is 8.69. The van der Waals surface area contributed by atoms with Gasteiger partial charge in [0.1, 0.15) is 0 Å². The van der Waals surface area contributed by atoms with Crippen LogP contribution in [0.25, 0.3) is 0 Å². The molecule has 1 atom stereocenters. The summed E-state index contributed by atoms with van der Waals surface area (Å²) in [6.45, 7) is 4.99. The molecule has 0 aromatic heterocycles. The molecule has 1 fully saturated rings. The van der Waals surface area contributed by atoms with Crippen molar-refractivity contribution < 1.29 is 5.11 Å². The Bertz CT molecular complexity index is 354. The lowest BCUT2D eigenvalue weighted by molar-refractivity contribution is 0.145. The number of aliphatic hydroxyl groups excluding tert-OH is 1. The van der Waals surface area contributed by atoms with Gasteiger partial charge < -0.3 is 10.4 Å². The number of rotatable bonds is 6. The zero-order valence-electron chi connectivity index (χ0n) is 11.5. The molecular weight excluding hydrogens is 222 g/mol. The van der Waals surface area contributed by atoms with Gasteiger partial charge in [-0.15, -0.1) is 0 Å². The summed E-state index contributed by atoms with van der Waals surface area (Å²) in [6.07, 6.45) is 4.21. The summed E-state index contributed by atoms with van der Waals surface area (Å²) in [7, 11) is 0. The lowest BCUT2D eigenvalue weighted by Gasteiger charge is -2.37. The zero-order chi connectivity index (χ0) is 13.0. The van der Waals surface area contributed by atoms with Crippen molar-refractivity contribution in [3.63, 3.8) is 0 Å². The van der Waals surface area contributed by atoms with E-state index in [1.165, 1.54) is 24.0 Å². The summed E-state index contributed by atoms with van der Waals surface area (Å²) in [5.41, 5.74) is 2.79. The van der Waals surface area contributed by atoms with Gasteiger partial charge in [-0.2, -0.15) is 0 Å². The van der Waals surface area contributed by atoms with Gasteiger partial charge in [-0.25, -0.2) is 0 Å². The standard InChI is InChI=1S/C16H25NO/c1-3-4-16(18)11-17-15-9-14(10-15)13-7-5-12(2)6-8-13/h5-8,14-18H,3-4,9-11H2,1-2H3. The molecular formula is C16H25NO. The van der Waals surface area contributed by atoms with Crippen LogP contribution in [0.4, 0.5) is 0 Å². The van der Waals surface area contributed by atoms with Crippen LogP contribution in [-0.4, -0.2) is 23.8 Å². The first-order valence-electron chi connectivity index (χ1n) is 7.17. The first kappa shape index (κ1) is 13.6. The fourth-order valence-corrected chi connectivity index (χ4v) is 2.63. The number of aryl methyl sites for hydroxylation is 1. The van der Waals surface area contributed by atoms with E-state index in [9.17, 15) is 5.11 Å². The van der Waals surface area contributed by atoms with E-state index < -0.39 is 0 Å². The van der Waals surface area contributed by atoms with E-state index in [0.717, 1.165) is 19.4 Å². The summed E-state index contributed by atoms with van der Waals surface area (Å²) < 4.78 is 0. The van der Waals surface area contributed by atoms with E-state index in [1.807, 2.05) is 0 Å². The Hall–Kier alpha value is -0.860. The molecule has 2 nitrogen and oxygen atoms in total. The summed E-state index contributed by atoms with van der Waals surface area (Å²) >= 11 is 0. The van der Waals surface area contributed by atoms with Gasteiger partial charge in [0.15, 0.2) is 0 Å². The molecule has 1 aliphatic carbocycles. The van der Waals surface area contributed by atoms with Crippen LogP contribution in [0.5, 0.6) is 0 Å². The fourth-order valence-electron chi connectivity index (χ4n) is 2.63. The van der Waals surface area contributed by atoms with E-state index in [4.69, 9.17) is 0 Å². The lowest BCUT2D eigenvalue weighted by atomic mass is 9.75. The van der Waals surface area contributed by atoms with Gasteiger partial charge in [-0.05, 0) is 37.7 Å². The summed E-state index contributed by atoms with van der Waals surface area (Å²) in [4.78, 5) is 0. The van der Waals surface area contributed by atoms with Gasteiger partial charge in [0.2, 0.25) is 0 Å². The lowest BCUT2D eigenvalue weighted by Crippen LogP contribution is -2.43. The number of benzene rings is 1. The van der Waals surface area contributed by atoms with Crippen LogP contribution in [0.15, 0.2) is 24.3 Å². The van der Waals surface area contributed by atoms with E-state index in [1.54, 1.807) is 0 Å². The van der Waals surface area contributed by atoms with Crippen molar-refractivity contribution in [2.45, 2.75) is 57.6 Å². The molecule has 0 amide bonds. The summed E-state index contributed by atoms with van der Waals surface area (Å²) in [5.74, 6) is 0.714. The molecule has 0 heterocycles. The van der Waals surface area contributed by atoms with E-state index in [2.05, 4.69) is 43.4 Å². The van der Waals surface area contributed by atoms with Crippen molar-refractivity contribution in [3.05, 3.63) is 35.4 Å². The van der Waals surface area contributed by atoms with Gasteiger partial charge in [0.25, 0.3) is 0 Å². The predicted molar refractivity (Wildman–Crippen MR) is 75.9 cm³/mol. The third-order valence-corrected chi connectivity index (χ3v) is 3.95. The molecule has 0 bridgehead atoms. The molecule has 2 heteroatoms. The summed E-state index contributed by atoms with van der Waals surface area (Å²) in [5, 5.41) is 13.1. The van der Waals surface area contributed by atoms with Crippen molar-refractivity contribution in [3.8, 4) is 0 Å². The minimum atomic E-state index is -0.173. The van der Waals surface area contributed by atoms with Gasteiger partial charge in [-0.3, -0.25) is 0 Å². The second-order valence-electron chi connectivity index (χ2n) is 5.63. The van der Waals surface area contributed by atoms with Gasteiger partial charge >= 0.3 is 0 Å². The Morgan fingerprint density at radius 3 is 2.56 bits per heavy atom. The monoisotopic (exact) mass is 247 g/mol. The molecule has 1 aromatic rings. The van der Waals surface area contributed by atoms with Crippen LogP contribution in [0.3, 0.4) is 0 Å². The molecule has 0 saturated heterocycles. The maximum atomic E-state index is 9.67. The van der Waals surface area contributed by atoms with Crippen molar-refractivity contribution in [1.29, 1.82) is 0 Å². The van der Waals surface area contributed by atoms with Crippen LogP contribution >= 0.6 is 0 Å². The Balaban J connectivity index is 1.69. The van der Waals surface area contributed by atoms with Crippen LogP contribution in [0.1, 0.15) is 49.7 Å². The Labute approximate surface area is 110 Å². The topological polar surface area (TPSA) is 32.3 Å². The second kappa shape index (κ2) is 6.35. The van der Waals surface area contributed by atoms with Gasteiger partial charge in [-0.1, -0.05) is 43.2 Å². The highest BCUT2D eigenvalue weighted by molar-refractivity contribution is 5.26. The Morgan fingerprint density at radius 2 is 1.94 bits per heavy atom. The third kappa shape index (κ3) is 3.56. The van der Waals surface area contributed by atoms with Crippen molar-refractivity contribution >= 4 is 0 Å². The third-order valence-electron chi connectivity index (χ3n) is 3.95. The van der Waals surface area contributed by atoms with Gasteiger partial charge in [0.05, 0.1) is 6.10 Å². The molecule has 0 spiro atoms. The van der Waals surface area contributed by atoms with Crippen LogP contribution in [-0.2, 0) is 0 Å². The molecule has 0 radical (unpaired) electrons. The number of nitrogens with one attached hydrogen (secondary N) is 1. The highest BCUT2D eigenvalue weighted by Crippen LogP contribution is 2.36. The highest BCUT2D eigenvalue weighted by Gasteiger charge is 2.29. The van der Waals surface area contributed by atoms with E-state index in [-0.39, 0.29) is 6.10 Å². The molecule has 1 aliphatic rings. The highest BCUT2D eigenvalue weighted by atomic mass is 16.3. The SMILES string of the molecule is CCCC(O)CNC1CC(c2ccc(C)cc2)C1. The maximum absolute atomic E-state index is 9.67. The van der Waals surface area contributed by atoms with E-state index in [0.29, 0.717) is 12.0 Å². The molecule has 100 valence electrons. The molecule has 18 heavy (non-hydrogen) atoms. The number of hydrogen-bond acceptors (Lipinski definition) is 2. The molecule has 2 N–H and O–H groups in total.